The number of aryl methyl sites for hydroxylation is 2. The summed E-state index contributed by atoms with van der Waals surface area (Å²) in [7, 11) is 1.46. The van der Waals surface area contributed by atoms with Crippen molar-refractivity contribution in [1.29, 1.82) is 0 Å². The Balaban J connectivity index is 1.57. The number of rotatable bonds is 7. The first-order chi connectivity index (χ1) is 16.8. The van der Waals surface area contributed by atoms with Crippen LogP contribution in [-0.2, 0) is 11.3 Å². The summed E-state index contributed by atoms with van der Waals surface area (Å²) in [5.41, 5.74) is 7.57. The van der Waals surface area contributed by atoms with Crippen LogP contribution in [0.3, 0.4) is 0 Å². The molecule has 3 N–H and O–H groups in total. The van der Waals surface area contributed by atoms with Crippen molar-refractivity contribution in [3.05, 3.63) is 92.4 Å². The predicted molar refractivity (Wildman–Crippen MR) is 136 cm³/mol. The number of nitrogens with one attached hydrogen (secondary N) is 1. The Bertz CT molecular complexity index is 1490. The van der Waals surface area contributed by atoms with Crippen molar-refractivity contribution in [2.75, 3.05) is 23.4 Å². The lowest BCUT2D eigenvalue weighted by Gasteiger charge is -2.20. The minimum Gasteiger partial charge on any atom is -0.383 e. The Morgan fingerprint density at radius 2 is 1.83 bits per heavy atom. The molecule has 35 heavy (non-hydrogen) atoms. The van der Waals surface area contributed by atoms with Crippen LogP contribution in [0.1, 0.15) is 17.0 Å². The van der Waals surface area contributed by atoms with E-state index in [0.717, 1.165) is 16.8 Å². The highest BCUT2D eigenvalue weighted by atomic mass is 32.2. The third-order valence-electron chi connectivity index (χ3n) is 5.49. The van der Waals surface area contributed by atoms with E-state index in [1.165, 1.54) is 28.3 Å². The van der Waals surface area contributed by atoms with Gasteiger partial charge in [0.15, 0.2) is 10.8 Å². The molecule has 4 rings (SSSR count). The number of aromatic amines is 1. The summed E-state index contributed by atoms with van der Waals surface area (Å²) in [6.07, 6.45) is 0. The average molecular weight is 492 g/mol. The molecule has 0 aliphatic carbocycles. The van der Waals surface area contributed by atoms with Gasteiger partial charge in [0, 0.05) is 12.7 Å². The first-order valence-electron chi connectivity index (χ1n) is 10.8. The highest BCUT2D eigenvalue weighted by Crippen LogP contribution is 2.24. The van der Waals surface area contributed by atoms with Gasteiger partial charge >= 0.3 is 5.69 Å². The Labute approximate surface area is 205 Å². The van der Waals surface area contributed by atoms with E-state index in [-0.39, 0.29) is 29.7 Å². The molecule has 0 bridgehead atoms. The number of carbonyl (C=O) groups is 1. The third kappa shape index (κ3) is 5.04. The number of nitrogens with two attached hydrogens (primary N) is 1. The maximum atomic E-state index is 13.0. The molecule has 0 spiro atoms. The molecular formula is C24H25N7O3S. The quantitative estimate of drug-likeness (QED) is 0.379. The standard InChI is InChI=1S/C24H25N7O3S/c1-15-8-7-11-18(12-15)31-16(2)27-28-24(31)35-14-19(32)29(3)20-21(25)30(23(34)26-22(20)33)13-17-9-5-4-6-10-17/h4-12H,13-14,25H2,1-3H3,(H,26,33,34). The summed E-state index contributed by atoms with van der Waals surface area (Å²) in [4.78, 5) is 41.5. The number of hydrogen-bond acceptors (Lipinski definition) is 7. The van der Waals surface area contributed by atoms with Crippen molar-refractivity contribution in [2.45, 2.75) is 25.5 Å². The van der Waals surface area contributed by atoms with Crippen LogP contribution >= 0.6 is 11.8 Å². The Morgan fingerprint density at radius 3 is 2.54 bits per heavy atom. The second-order valence-corrected chi connectivity index (χ2v) is 8.95. The van der Waals surface area contributed by atoms with E-state index in [1.807, 2.05) is 73.0 Å². The van der Waals surface area contributed by atoms with E-state index >= 15 is 0 Å². The minimum atomic E-state index is -0.726. The Kier molecular flexibility index (Phi) is 6.87. The Hall–Kier alpha value is -4.12. The molecule has 180 valence electrons. The van der Waals surface area contributed by atoms with Crippen LogP contribution in [-0.4, -0.2) is 43.0 Å². The van der Waals surface area contributed by atoms with Gasteiger partial charge in [-0.25, -0.2) is 4.79 Å². The lowest BCUT2D eigenvalue weighted by atomic mass is 10.2. The number of carbonyl (C=O) groups excluding carboxylic acids is 1. The van der Waals surface area contributed by atoms with Crippen LogP contribution < -0.4 is 21.9 Å². The number of amides is 1. The summed E-state index contributed by atoms with van der Waals surface area (Å²) in [6.45, 7) is 3.99. The molecule has 0 saturated carbocycles. The first kappa shape index (κ1) is 24.0. The molecule has 2 aromatic carbocycles. The van der Waals surface area contributed by atoms with E-state index in [9.17, 15) is 14.4 Å². The highest BCUT2D eigenvalue weighted by molar-refractivity contribution is 7.99. The highest BCUT2D eigenvalue weighted by Gasteiger charge is 2.22. The molecule has 0 unspecified atom stereocenters. The smallest absolute Gasteiger partial charge is 0.330 e. The Morgan fingerprint density at radius 1 is 1.09 bits per heavy atom. The molecule has 0 aliphatic rings. The predicted octanol–water partition coefficient (Wildman–Crippen LogP) is 2.12. The van der Waals surface area contributed by atoms with Crippen LogP contribution in [0.25, 0.3) is 5.69 Å². The van der Waals surface area contributed by atoms with Crippen molar-refractivity contribution >= 4 is 29.2 Å². The molecule has 0 aliphatic heterocycles. The van der Waals surface area contributed by atoms with Crippen molar-refractivity contribution in [3.63, 3.8) is 0 Å². The lowest BCUT2D eigenvalue weighted by molar-refractivity contribution is -0.115. The fourth-order valence-electron chi connectivity index (χ4n) is 3.67. The molecule has 0 atom stereocenters. The van der Waals surface area contributed by atoms with Crippen LogP contribution in [0.4, 0.5) is 11.5 Å². The maximum Gasteiger partial charge on any atom is 0.330 e. The second-order valence-electron chi connectivity index (χ2n) is 8.01. The van der Waals surface area contributed by atoms with Crippen molar-refractivity contribution in [3.8, 4) is 5.69 Å². The van der Waals surface area contributed by atoms with Crippen LogP contribution in [0.2, 0.25) is 0 Å². The van der Waals surface area contributed by atoms with Gasteiger partial charge in [0.1, 0.15) is 11.6 Å². The molecule has 0 fully saturated rings. The van der Waals surface area contributed by atoms with Gasteiger partial charge in [0.05, 0.1) is 12.3 Å². The maximum absolute atomic E-state index is 13.0. The fourth-order valence-corrected chi connectivity index (χ4v) is 4.58. The summed E-state index contributed by atoms with van der Waals surface area (Å²) >= 11 is 1.20. The van der Waals surface area contributed by atoms with Gasteiger partial charge in [-0.3, -0.25) is 23.7 Å². The molecule has 0 saturated heterocycles. The average Bonchev–Trinajstić information content (AvgIpc) is 3.20. The van der Waals surface area contributed by atoms with Crippen LogP contribution in [0.5, 0.6) is 0 Å². The molecular weight excluding hydrogens is 466 g/mol. The number of nitrogen functional groups attached to an aromatic ring is 1. The number of anilines is 2. The lowest BCUT2D eigenvalue weighted by Crippen LogP contribution is -2.40. The van der Waals surface area contributed by atoms with Gasteiger partial charge in [0.2, 0.25) is 5.91 Å². The van der Waals surface area contributed by atoms with Gasteiger partial charge < -0.3 is 10.6 Å². The van der Waals surface area contributed by atoms with Crippen LogP contribution in [0, 0.1) is 13.8 Å². The second kappa shape index (κ2) is 10.0. The zero-order valence-corrected chi connectivity index (χ0v) is 20.4. The molecule has 11 heteroatoms. The molecule has 4 aromatic rings. The first-order valence-corrected chi connectivity index (χ1v) is 11.8. The number of aromatic nitrogens is 5. The van der Waals surface area contributed by atoms with Gasteiger partial charge in [-0.1, -0.05) is 54.2 Å². The zero-order valence-electron chi connectivity index (χ0n) is 19.6. The number of H-pyrrole nitrogens is 1. The molecule has 1 amide bonds. The number of benzene rings is 2. The molecule has 2 aromatic heterocycles. The van der Waals surface area contributed by atoms with Gasteiger partial charge in [-0.2, -0.15) is 0 Å². The number of thioether (sulfide) groups is 1. The van der Waals surface area contributed by atoms with Gasteiger partial charge in [-0.05, 0) is 37.1 Å². The van der Waals surface area contributed by atoms with Gasteiger partial charge in [0.25, 0.3) is 5.56 Å². The monoisotopic (exact) mass is 491 g/mol. The summed E-state index contributed by atoms with van der Waals surface area (Å²) < 4.78 is 3.10. The van der Waals surface area contributed by atoms with Crippen molar-refractivity contribution in [1.82, 2.24) is 24.3 Å². The summed E-state index contributed by atoms with van der Waals surface area (Å²) in [6, 6.07) is 17.1. The topological polar surface area (TPSA) is 132 Å². The van der Waals surface area contributed by atoms with E-state index in [1.54, 1.807) is 0 Å². The fraction of sp³-hybridized carbons (Fsp3) is 0.208. The van der Waals surface area contributed by atoms with Gasteiger partial charge in [-0.15, -0.1) is 10.2 Å². The summed E-state index contributed by atoms with van der Waals surface area (Å²) in [5.74, 6) is 0.209. The zero-order chi connectivity index (χ0) is 25.1. The minimum absolute atomic E-state index is 0.0167. The van der Waals surface area contributed by atoms with Crippen molar-refractivity contribution < 1.29 is 4.79 Å². The number of nitrogens with zero attached hydrogens (tertiary/aromatic N) is 5. The molecule has 2 heterocycles. The van der Waals surface area contributed by atoms with E-state index in [0.29, 0.717) is 11.0 Å². The molecule has 0 radical (unpaired) electrons. The normalized spacial score (nSPS) is 10.9. The SMILES string of the molecule is Cc1cccc(-n2c(C)nnc2SCC(=O)N(C)c2c(N)n(Cc3ccccc3)c(=O)[nH]c2=O)c1. The largest absolute Gasteiger partial charge is 0.383 e. The number of hydrogen-bond donors (Lipinski definition) is 2. The van der Waals surface area contributed by atoms with Crippen molar-refractivity contribution in [2.24, 2.45) is 0 Å². The van der Waals surface area contributed by atoms with E-state index in [2.05, 4.69) is 15.2 Å². The molecule has 10 nitrogen and oxygen atoms in total. The van der Waals surface area contributed by atoms with Crippen LogP contribution in [0.15, 0.2) is 69.3 Å². The summed E-state index contributed by atoms with van der Waals surface area (Å²) in [5, 5.41) is 8.89. The van der Waals surface area contributed by atoms with E-state index in [4.69, 9.17) is 5.73 Å². The third-order valence-corrected chi connectivity index (χ3v) is 6.40. The van der Waals surface area contributed by atoms with E-state index < -0.39 is 11.2 Å².